The van der Waals surface area contributed by atoms with Gasteiger partial charge in [0.25, 0.3) is 0 Å². The average molecular weight is 361 g/mol. The Bertz CT molecular complexity index is 545. The average Bonchev–Trinajstić information content (AvgIpc) is 2.64. The Morgan fingerprint density at radius 3 is 2.65 bits per heavy atom. The van der Waals surface area contributed by atoms with E-state index in [2.05, 4.69) is 51.7 Å². The maximum atomic E-state index is 9.57. The zero-order valence-electron chi connectivity index (χ0n) is 16.6. The molecule has 2 fully saturated rings. The summed E-state index contributed by atoms with van der Waals surface area (Å²) in [5.74, 6) is 0. The molecule has 1 aromatic rings. The molecule has 0 aliphatic carbocycles. The largest absolute Gasteiger partial charge is 0.396 e. The Morgan fingerprint density at radius 1 is 1.15 bits per heavy atom. The lowest BCUT2D eigenvalue weighted by molar-refractivity contribution is 0.0126. The van der Waals surface area contributed by atoms with Crippen LogP contribution in [0.25, 0.3) is 0 Å². The molecule has 5 nitrogen and oxygen atoms in total. The highest BCUT2D eigenvalue weighted by Gasteiger charge is 2.32. The van der Waals surface area contributed by atoms with Crippen LogP contribution in [0.2, 0.25) is 0 Å². The number of rotatable bonds is 7. The smallest absolute Gasteiger partial charge is 0.0547 e. The minimum Gasteiger partial charge on any atom is -0.396 e. The van der Waals surface area contributed by atoms with Crippen LogP contribution in [0.15, 0.2) is 18.2 Å². The van der Waals surface area contributed by atoms with Gasteiger partial charge in [0.1, 0.15) is 0 Å². The van der Waals surface area contributed by atoms with Crippen molar-refractivity contribution in [3.8, 4) is 0 Å². The Balaban J connectivity index is 1.56. The number of hydrogen-bond acceptors (Lipinski definition) is 5. The molecule has 2 aliphatic rings. The molecule has 1 atom stereocenters. The second kappa shape index (κ2) is 9.79. The van der Waals surface area contributed by atoms with Crippen LogP contribution in [-0.2, 0) is 6.54 Å². The van der Waals surface area contributed by atoms with Crippen molar-refractivity contribution in [3.63, 3.8) is 0 Å². The van der Waals surface area contributed by atoms with E-state index in [0.29, 0.717) is 6.04 Å². The van der Waals surface area contributed by atoms with Crippen LogP contribution in [0.4, 0.5) is 0 Å². The number of aromatic nitrogens is 1. The molecule has 0 aromatic carbocycles. The molecule has 0 bridgehead atoms. The third-order valence-corrected chi connectivity index (χ3v) is 6.02. The van der Waals surface area contributed by atoms with E-state index in [0.717, 1.165) is 50.0 Å². The van der Waals surface area contributed by atoms with Gasteiger partial charge in [-0.05, 0) is 64.4 Å². The van der Waals surface area contributed by atoms with Crippen molar-refractivity contribution in [2.45, 2.75) is 58.2 Å². The number of aliphatic hydroxyl groups is 1. The Hall–Kier alpha value is -1.01. The van der Waals surface area contributed by atoms with Crippen LogP contribution in [0.5, 0.6) is 0 Å². The lowest BCUT2D eigenvalue weighted by Crippen LogP contribution is -2.57. The highest BCUT2D eigenvalue weighted by atomic mass is 16.3. The maximum absolute atomic E-state index is 9.57. The topological polar surface area (TPSA) is 42.8 Å². The first-order valence-corrected chi connectivity index (χ1v) is 10.4. The van der Waals surface area contributed by atoms with Gasteiger partial charge in [-0.15, -0.1) is 0 Å². The van der Waals surface area contributed by atoms with Crippen molar-refractivity contribution in [2.75, 3.05) is 45.9 Å². The molecule has 0 amide bonds. The zero-order valence-corrected chi connectivity index (χ0v) is 16.6. The lowest BCUT2D eigenvalue weighted by atomic mass is 9.99. The summed E-state index contributed by atoms with van der Waals surface area (Å²) in [5, 5.41) is 9.57. The summed E-state index contributed by atoms with van der Waals surface area (Å²) in [6, 6.07) is 7.43. The standard InChI is InChI=1S/C21H36N4O/c1-3-10-23-11-7-20(8-12-23)25-14-13-24(21(17-25)9-15-26)16-19-6-4-5-18(2)22-19/h4-6,20-21,26H,3,7-17H2,1-2H3/t21-/m0/s1. The second-order valence-corrected chi connectivity index (χ2v) is 7.97. The summed E-state index contributed by atoms with van der Waals surface area (Å²) >= 11 is 0. The predicted octanol–water partition coefficient (Wildman–Crippen LogP) is 2.13. The fourth-order valence-electron chi connectivity index (χ4n) is 4.60. The number of likely N-dealkylation sites (tertiary alicyclic amines) is 1. The van der Waals surface area contributed by atoms with Crippen molar-refractivity contribution < 1.29 is 5.11 Å². The van der Waals surface area contributed by atoms with Gasteiger partial charge in [-0.2, -0.15) is 0 Å². The molecule has 0 unspecified atom stereocenters. The molecule has 0 saturated carbocycles. The van der Waals surface area contributed by atoms with E-state index >= 15 is 0 Å². The van der Waals surface area contributed by atoms with Gasteiger partial charge in [0.15, 0.2) is 0 Å². The molecule has 26 heavy (non-hydrogen) atoms. The first-order chi connectivity index (χ1) is 12.7. The summed E-state index contributed by atoms with van der Waals surface area (Å²) in [5.41, 5.74) is 2.23. The van der Waals surface area contributed by atoms with Crippen molar-refractivity contribution in [3.05, 3.63) is 29.6 Å². The molecule has 3 rings (SSSR count). The third kappa shape index (κ3) is 5.26. The minimum atomic E-state index is 0.269. The van der Waals surface area contributed by atoms with E-state index in [4.69, 9.17) is 0 Å². The summed E-state index contributed by atoms with van der Waals surface area (Å²) in [7, 11) is 0. The van der Waals surface area contributed by atoms with Crippen molar-refractivity contribution in [1.29, 1.82) is 0 Å². The predicted molar refractivity (Wildman–Crippen MR) is 106 cm³/mol. The Morgan fingerprint density at radius 2 is 1.96 bits per heavy atom. The maximum Gasteiger partial charge on any atom is 0.0547 e. The van der Waals surface area contributed by atoms with Gasteiger partial charge in [-0.1, -0.05) is 13.0 Å². The second-order valence-electron chi connectivity index (χ2n) is 7.97. The quantitative estimate of drug-likeness (QED) is 0.807. The van der Waals surface area contributed by atoms with Crippen LogP contribution >= 0.6 is 0 Å². The van der Waals surface area contributed by atoms with Crippen LogP contribution in [-0.4, -0.2) is 82.7 Å². The fraction of sp³-hybridized carbons (Fsp3) is 0.762. The molecule has 2 saturated heterocycles. The zero-order chi connectivity index (χ0) is 18.4. The van der Waals surface area contributed by atoms with E-state index in [1.807, 2.05) is 0 Å². The van der Waals surface area contributed by atoms with E-state index in [1.54, 1.807) is 0 Å². The summed E-state index contributed by atoms with van der Waals surface area (Å²) in [6.45, 7) is 12.5. The molecule has 0 spiro atoms. The first-order valence-electron chi connectivity index (χ1n) is 10.4. The lowest BCUT2D eigenvalue weighted by Gasteiger charge is -2.46. The molecule has 1 aromatic heterocycles. The highest BCUT2D eigenvalue weighted by Crippen LogP contribution is 2.23. The minimum absolute atomic E-state index is 0.269. The van der Waals surface area contributed by atoms with Gasteiger partial charge in [0.05, 0.1) is 5.69 Å². The number of aliphatic hydroxyl groups excluding tert-OH is 1. The van der Waals surface area contributed by atoms with Crippen molar-refractivity contribution in [2.24, 2.45) is 0 Å². The Kier molecular flexibility index (Phi) is 7.43. The molecular formula is C21H36N4O. The molecule has 3 heterocycles. The van der Waals surface area contributed by atoms with Gasteiger partial charge in [-0.3, -0.25) is 14.8 Å². The number of aryl methyl sites for hydroxylation is 1. The van der Waals surface area contributed by atoms with Crippen LogP contribution in [0.3, 0.4) is 0 Å². The molecule has 1 N–H and O–H groups in total. The van der Waals surface area contributed by atoms with Gasteiger partial charge in [0, 0.05) is 50.6 Å². The van der Waals surface area contributed by atoms with Crippen LogP contribution in [0, 0.1) is 6.92 Å². The van der Waals surface area contributed by atoms with Gasteiger partial charge in [-0.25, -0.2) is 0 Å². The summed E-state index contributed by atoms with van der Waals surface area (Å²) < 4.78 is 0. The van der Waals surface area contributed by atoms with Crippen LogP contribution < -0.4 is 0 Å². The Labute approximate surface area is 159 Å². The van der Waals surface area contributed by atoms with E-state index in [9.17, 15) is 5.11 Å². The van der Waals surface area contributed by atoms with E-state index < -0.39 is 0 Å². The number of piperidine rings is 1. The molecule has 146 valence electrons. The molecule has 2 aliphatic heterocycles. The highest BCUT2D eigenvalue weighted by molar-refractivity contribution is 5.10. The van der Waals surface area contributed by atoms with Gasteiger partial charge < -0.3 is 10.0 Å². The summed E-state index contributed by atoms with van der Waals surface area (Å²) in [6.07, 6.45) is 4.71. The molecule has 0 radical (unpaired) electrons. The first kappa shape index (κ1) is 19.7. The van der Waals surface area contributed by atoms with E-state index in [1.165, 1.54) is 38.9 Å². The van der Waals surface area contributed by atoms with Crippen LogP contribution in [0.1, 0.15) is 44.0 Å². The molecule has 5 heteroatoms. The third-order valence-electron chi connectivity index (χ3n) is 6.02. The van der Waals surface area contributed by atoms with Gasteiger partial charge >= 0.3 is 0 Å². The number of nitrogens with zero attached hydrogens (tertiary/aromatic N) is 4. The van der Waals surface area contributed by atoms with Crippen molar-refractivity contribution >= 4 is 0 Å². The van der Waals surface area contributed by atoms with Gasteiger partial charge in [0.2, 0.25) is 0 Å². The van der Waals surface area contributed by atoms with E-state index in [-0.39, 0.29) is 6.61 Å². The normalized spacial score (nSPS) is 24.2. The monoisotopic (exact) mass is 360 g/mol. The SMILES string of the molecule is CCCN1CCC(N2CCN(Cc3cccc(C)n3)[C@@H](CCO)C2)CC1. The number of pyridine rings is 1. The summed E-state index contributed by atoms with van der Waals surface area (Å²) in [4.78, 5) is 12.5. The number of piperazine rings is 1. The number of hydrogen-bond donors (Lipinski definition) is 1. The fourth-order valence-corrected chi connectivity index (χ4v) is 4.60. The molecular weight excluding hydrogens is 324 g/mol. The van der Waals surface area contributed by atoms with Crippen molar-refractivity contribution in [1.82, 2.24) is 19.7 Å².